The summed E-state index contributed by atoms with van der Waals surface area (Å²) >= 11 is 1.79. The van der Waals surface area contributed by atoms with Gasteiger partial charge in [0.2, 0.25) is 5.91 Å². The number of hydrogen-bond donors (Lipinski definition) is 1. The van der Waals surface area contributed by atoms with Gasteiger partial charge in [0.25, 0.3) is 0 Å². The van der Waals surface area contributed by atoms with Crippen LogP contribution in [0.1, 0.15) is 49.4 Å². The first-order valence-corrected chi connectivity index (χ1v) is 8.76. The molecule has 1 aromatic rings. The predicted octanol–water partition coefficient (Wildman–Crippen LogP) is 3.61. The number of rotatable bonds is 4. The first-order valence-electron chi connectivity index (χ1n) is 7.88. The molecule has 3 heterocycles. The Balaban J connectivity index is 0.00000161. The fourth-order valence-electron chi connectivity index (χ4n) is 3.48. The third kappa shape index (κ3) is 4.21. The van der Waals surface area contributed by atoms with E-state index in [9.17, 15) is 4.79 Å². The largest absolute Gasteiger partial charge is 0.335 e. The number of thiophene rings is 1. The topological polar surface area (TPSA) is 32.3 Å². The normalized spacial score (nSPS) is 23.0. The summed E-state index contributed by atoms with van der Waals surface area (Å²) in [5, 5.41) is 5.51. The molecule has 118 valence electrons. The van der Waals surface area contributed by atoms with E-state index in [-0.39, 0.29) is 12.4 Å². The van der Waals surface area contributed by atoms with Gasteiger partial charge >= 0.3 is 0 Å². The van der Waals surface area contributed by atoms with E-state index < -0.39 is 0 Å². The standard InChI is InChI=1S/C16H24N2OS.ClH/c19-16(6-5-13-7-9-17-10-8-13)18-11-1-3-14(18)15-4-2-12-20-15;/h2,4,12-14,17H,1,3,5-11H2;1H. The fraction of sp³-hybridized carbons (Fsp3) is 0.688. The molecule has 0 saturated carbocycles. The maximum atomic E-state index is 12.5. The predicted molar refractivity (Wildman–Crippen MR) is 90.1 cm³/mol. The third-order valence-corrected chi connectivity index (χ3v) is 5.64. The molecule has 0 spiro atoms. The first-order chi connectivity index (χ1) is 9.84. The van der Waals surface area contributed by atoms with Crippen LogP contribution in [0.2, 0.25) is 0 Å². The zero-order valence-electron chi connectivity index (χ0n) is 12.4. The van der Waals surface area contributed by atoms with Crippen molar-refractivity contribution < 1.29 is 4.79 Å². The fourth-order valence-corrected chi connectivity index (χ4v) is 4.36. The number of halogens is 1. The molecule has 3 nitrogen and oxygen atoms in total. The minimum Gasteiger partial charge on any atom is -0.335 e. The van der Waals surface area contributed by atoms with Crippen LogP contribution in [0.4, 0.5) is 0 Å². The number of piperidine rings is 1. The summed E-state index contributed by atoms with van der Waals surface area (Å²) < 4.78 is 0. The summed E-state index contributed by atoms with van der Waals surface area (Å²) in [6.07, 6.45) is 6.59. The Hall–Kier alpha value is -0.580. The Morgan fingerprint density at radius 2 is 2.14 bits per heavy atom. The zero-order chi connectivity index (χ0) is 13.8. The van der Waals surface area contributed by atoms with E-state index in [0.29, 0.717) is 11.9 Å². The SMILES string of the molecule is Cl.O=C(CCC1CCNCC1)N1CCCC1c1cccs1. The molecular weight excluding hydrogens is 304 g/mol. The van der Waals surface area contributed by atoms with Crippen LogP contribution in [0.5, 0.6) is 0 Å². The molecule has 0 bridgehead atoms. The monoisotopic (exact) mass is 328 g/mol. The second kappa shape index (κ2) is 8.16. The Morgan fingerprint density at radius 1 is 1.33 bits per heavy atom. The van der Waals surface area contributed by atoms with Crippen LogP contribution >= 0.6 is 23.7 Å². The van der Waals surface area contributed by atoms with Crippen LogP contribution in [-0.4, -0.2) is 30.4 Å². The molecule has 0 radical (unpaired) electrons. The summed E-state index contributed by atoms with van der Waals surface area (Å²) in [5.74, 6) is 1.13. The van der Waals surface area contributed by atoms with Gasteiger partial charge in [-0.1, -0.05) is 6.07 Å². The zero-order valence-corrected chi connectivity index (χ0v) is 14.1. The molecule has 3 rings (SSSR count). The number of nitrogens with zero attached hydrogens (tertiary/aromatic N) is 1. The van der Waals surface area contributed by atoms with Crippen LogP contribution in [0.25, 0.3) is 0 Å². The molecular formula is C16H25ClN2OS. The van der Waals surface area contributed by atoms with Gasteiger partial charge in [0, 0.05) is 17.8 Å². The van der Waals surface area contributed by atoms with E-state index in [1.54, 1.807) is 11.3 Å². The second-order valence-electron chi connectivity index (χ2n) is 5.99. The Bertz CT molecular complexity index is 431. The van der Waals surface area contributed by atoms with Gasteiger partial charge in [0.05, 0.1) is 6.04 Å². The van der Waals surface area contributed by atoms with Crippen molar-refractivity contribution in [3.63, 3.8) is 0 Å². The van der Waals surface area contributed by atoms with E-state index in [4.69, 9.17) is 0 Å². The van der Waals surface area contributed by atoms with Gasteiger partial charge in [-0.25, -0.2) is 0 Å². The number of amides is 1. The van der Waals surface area contributed by atoms with Crippen molar-refractivity contribution in [3.8, 4) is 0 Å². The second-order valence-corrected chi connectivity index (χ2v) is 6.97. The quantitative estimate of drug-likeness (QED) is 0.915. The summed E-state index contributed by atoms with van der Waals surface area (Å²) in [4.78, 5) is 16.0. The number of likely N-dealkylation sites (tertiary alicyclic amines) is 1. The lowest BCUT2D eigenvalue weighted by Gasteiger charge is -2.26. The van der Waals surface area contributed by atoms with Gasteiger partial charge in [-0.15, -0.1) is 23.7 Å². The average molecular weight is 329 g/mol. The molecule has 2 saturated heterocycles. The Kier molecular flexibility index (Phi) is 6.52. The number of nitrogens with one attached hydrogen (secondary N) is 1. The highest BCUT2D eigenvalue weighted by atomic mass is 35.5. The highest BCUT2D eigenvalue weighted by Crippen LogP contribution is 2.35. The molecule has 1 amide bonds. The number of hydrogen-bond acceptors (Lipinski definition) is 3. The maximum absolute atomic E-state index is 12.5. The summed E-state index contributed by atoms with van der Waals surface area (Å²) in [6.45, 7) is 3.20. The van der Waals surface area contributed by atoms with Crippen LogP contribution in [0.15, 0.2) is 17.5 Å². The van der Waals surface area contributed by atoms with Gasteiger partial charge < -0.3 is 10.2 Å². The minimum atomic E-state index is 0. The Morgan fingerprint density at radius 3 is 2.86 bits per heavy atom. The van der Waals surface area contributed by atoms with E-state index in [1.807, 2.05) is 0 Å². The van der Waals surface area contributed by atoms with Crippen molar-refractivity contribution >= 4 is 29.7 Å². The highest BCUT2D eigenvalue weighted by molar-refractivity contribution is 7.10. The number of carbonyl (C=O) groups excluding carboxylic acids is 1. The van der Waals surface area contributed by atoms with Crippen molar-refractivity contribution in [1.82, 2.24) is 10.2 Å². The van der Waals surface area contributed by atoms with Gasteiger partial charge in [-0.3, -0.25) is 4.79 Å². The lowest BCUT2D eigenvalue weighted by Crippen LogP contribution is -2.32. The summed E-state index contributed by atoms with van der Waals surface area (Å²) in [5.41, 5.74) is 0. The summed E-state index contributed by atoms with van der Waals surface area (Å²) in [6, 6.07) is 4.62. The lowest BCUT2D eigenvalue weighted by molar-refractivity contribution is -0.132. The van der Waals surface area contributed by atoms with Gasteiger partial charge in [-0.2, -0.15) is 0 Å². The average Bonchev–Trinajstić information content (AvgIpc) is 3.15. The van der Waals surface area contributed by atoms with Crippen LogP contribution in [-0.2, 0) is 4.79 Å². The van der Waals surface area contributed by atoms with Crippen LogP contribution < -0.4 is 5.32 Å². The molecule has 0 aromatic carbocycles. The van der Waals surface area contributed by atoms with Gasteiger partial charge in [0.1, 0.15) is 0 Å². The molecule has 5 heteroatoms. The smallest absolute Gasteiger partial charge is 0.223 e. The van der Waals surface area contributed by atoms with E-state index >= 15 is 0 Å². The van der Waals surface area contributed by atoms with Gasteiger partial charge in [0.15, 0.2) is 0 Å². The Labute approximate surface area is 137 Å². The molecule has 1 N–H and O–H groups in total. The van der Waals surface area contributed by atoms with E-state index in [2.05, 4.69) is 27.7 Å². The molecule has 0 aliphatic carbocycles. The molecule has 1 unspecified atom stereocenters. The molecule has 2 aliphatic rings. The molecule has 2 fully saturated rings. The maximum Gasteiger partial charge on any atom is 0.223 e. The third-order valence-electron chi connectivity index (χ3n) is 4.67. The van der Waals surface area contributed by atoms with Crippen molar-refractivity contribution in [2.75, 3.05) is 19.6 Å². The lowest BCUT2D eigenvalue weighted by atomic mass is 9.93. The van der Waals surface area contributed by atoms with Gasteiger partial charge in [-0.05, 0) is 62.6 Å². The van der Waals surface area contributed by atoms with E-state index in [0.717, 1.165) is 51.2 Å². The molecule has 21 heavy (non-hydrogen) atoms. The number of carbonyl (C=O) groups is 1. The summed E-state index contributed by atoms with van der Waals surface area (Å²) in [7, 11) is 0. The first kappa shape index (κ1) is 16.8. The molecule has 1 atom stereocenters. The molecule has 1 aromatic heterocycles. The van der Waals surface area contributed by atoms with Crippen molar-refractivity contribution in [3.05, 3.63) is 22.4 Å². The van der Waals surface area contributed by atoms with Crippen LogP contribution in [0, 0.1) is 5.92 Å². The minimum absolute atomic E-state index is 0. The van der Waals surface area contributed by atoms with E-state index in [1.165, 1.54) is 17.7 Å². The van der Waals surface area contributed by atoms with Crippen molar-refractivity contribution in [2.45, 2.75) is 44.6 Å². The van der Waals surface area contributed by atoms with Crippen LogP contribution in [0.3, 0.4) is 0 Å². The van der Waals surface area contributed by atoms with Crippen molar-refractivity contribution in [2.24, 2.45) is 5.92 Å². The highest BCUT2D eigenvalue weighted by Gasteiger charge is 2.30. The van der Waals surface area contributed by atoms with Crippen molar-refractivity contribution in [1.29, 1.82) is 0 Å². The molecule has 2 aliphatic heterocycles.